The van der Waals surface area contributed by atoms with Crippen molar-refractivity contribution in [3.05, 3.63) is 0 Å². The van der Waals surface area contributed by atoms with E-state index in [1.54, 1.807) is 0 Å². The van der Waals surface area contributed by atoms with Crippen LogP contribution in [-0.2, 0) is 4.74 Å². The Morgan fingerprint density at radius 2 is 2.21 bits per heavy atom. The van der Waals surface area contributed by atoms with Crippen LogP contribution in [0.25, 0.3) is 0 Å². The summed E-state index contributed by atoms with van der Waals surface area (Å²) >= 11 is 0. The van der Waals surface area contributed by atoms with Crippen LogP contribution in [-0.4, -0.2) is 48.5 Å². The summed E-state index contributed by atoms with van der Waals surface area (Å²) in [4.78, 5) is 2.26. The first kappa shape index (κ1) is 12.0. The number of aliphatic hydroxyl groups is 1. The summed E-state index contributed by atoms with van der Waals surface area (Å²) in [6, 6.07) is 0. The van der Waals surface area contributed by atoms with E-state index in [0.717, 1.165) is 39.3 Å². The summed E-state index contributed by atoms with van der Waals surface area (Å²) in [6.45, 7) is 10.6. The van der Waals surface area contributed by atoms with E-state index in [0.29, 0.717) is 5.92 Å². The van der Waals surface area contributed by atoms with Crippen molar-refractivity contribution in [2.75, 3.05) is 32.8 Å². The van der Waals surface area contributed by atoms with Crippen molar-refractivity contribution in [2.24, 2.45) is 5.92 Å². The van der Waals surface area contributed by atoms with Gasteiger partial charge in [-0.1, -0.05) is 13.8 Å². The molecule has 0 aromatic carbocycles. The van der Waals surface area contributed by atoms with Crippen LogP contribution in [0.4, 0.5) is 0 Å². The van der Waals surface area contributed by atoms with Gasteiger partial charge in [-0.25, -0.2) is 0 Å². The highest BCUT2D eigenvalue weighted by atomic mass is 16.5. The van der Waals surface area contributed by atoms with Crippen molar-refractivity contribution in [1.29, 1.82) is 0 Å². The minimum atomic E-state index is -0.474. The van der Waals surface area contributed by atoms with E-state index in [1.165, 1.54) is 0 Å². The minimum absolute atomic E-state index is 0.474. The predicted octanol–water partition coefficient (Wildman–Crippen LogP) is 1.12. The molecule has 0 aromatic heterocycles. The summed E-state index contributed by atoms with van der Waals surface area (Å²) in [6.07, 6.45) is 0.886. The lowest BCUT2D eigenvalue weighted by molar-refractivity contribution is 0.0564. The van der Waals surface area contributed by atoms with E-state index < -0.39 is 5.60 Å². The van der Waals surface area contributed by atoms with Crippen LogP contribution in [0.2, 0.25) is 0 Å². The van der Waals surface area contributed by atoms with Crippen molar-refractivity contribution in [3.8, 4) is 0 Å². The molecule has 1 unspecified atom stereocenters. The monoisotopic (exact) mass is 201 g/mol. The number of hydrogen-bond acceptors (Lipinski definition) is 3. The molecule has 0 spiro atoms. The molecule has 1 rings (SSSR count). The summed E-state index contributed by atoms with van der Waals surface area (Å²) in [7, 11) is 0. The first-order valence-electron chi connectivity index (χ1n) is 5.52. The molecular formula is C11H23NO2. The Hall–Kier alpha value is -0.120. The maximum atomic E-state index is 9.73. The van der Waals surface area contributed by atoms with Gasteiger partial charge in [0, 0.05) is 26.2 Å². The molecule has 1 aliphatic rings. The zero-order valence-electron chi connectivity index (χ0n) is 9.62. The van der Waals surface area contributed by atoms with Crippen LogP contribution in [0.5, 0.6) is 0 Å². The Balaban J connectivity index is 2.03. The maximum absolute atomic E-state index is 9.73. The number of rotatable bonds is 5. The van der Waals surface area contributed by atoms with Gasteiger partial charge in [0.1, 0.15) is 0 Å². The van der Waals surface area contributed by atoms with Gasteiger partial charge in [-0.3, -0.25) is 4.90 Å². The van der Waals surface area contributed by atoms with E-state index in [4.69, 9.17) is 4.74 Å². The summed E-state index contributed by atoms with van der Waals surface area (Å²) in [5.41, 5.74) is -0.474. The second-order valence-electron chi connectivity index (χ2n) is 4.99. The molecule has 1 N–H and O–H groups in total. The SMILES string of the molecule is CC(C)COCCN1CCC(C)(O)C1. The molecule has 1 fully saturated rings. The van der Waals surface area contributed by atoms with Crippen LogP contribution in [0.1, 0.15) is 27.2 Å². The zero-order valence-corrected chi connectivity index (χ0v) is 9.62. The Kier molecular flexibility index (Phi) is 4.35. The molecule has 0 aliphatic carbocycles. The van der Waals surface area contributed by atoms with Crippen LogP contribution in [0.3, 0.4) is 0 Å². The molecule has 0 radical (unpaired) electrons. The van der Waals surface area contributed by atoms with Gasteiger partial charge in [0.15, 0.2) is 0 Å². The molecule has 0 amide bonds. The summed E-state index contributed by atoms with van der Waals surface area (Å²) in [5.74, 6) is 0.608. The first-order valence-corrected chi connectivity index (χ1v) is 5.52. The topological polar surface area (TPSA) is 32.7 Å². The van der Waals surface area contributed by atoms with E-state index in [-0.39, 0.29) is 0 Å². The molecule has 1 saturated heterocycles. The predicted molar refractivity (Wildman–Crippen MR) is 57.3 cm³/mol. The van der Waals surface area contributed by atoms with Gasteiger partial charge in [0.05, 0.1) is 12.2 Å². The fourth-order valence-corrected chi connectivity index (χ4v) is 1.74. The van der Waals surface area contributed by atoms with Gasteiger partial charge in [-0.2, -0.15) is 0 Å². The second-order valence-corrected chi connectivity index (χ2v) is 4.99. The number of ether oxygens (including phenoxy) is 1. The van der Waals surface area contributed by atoms with Crippen LogP contribution >= 0.6 is 0 Å². The Morgan fingerprint density at radius 1 is 1.50 bits per heavy atom. The standard InChI is InChI=1S/C11H23NO2/c1-10(2)8-14-7-6-12-5-4-11(3,13)9-12/h10,13H,4-9H2,1-3H3. The molecule has 1 atom stereocenters. The zero-order chi connectivity index (χ0) is 10.6. The third kappa shape index (κ3) is 4.40. The molecule has 0 bridgehead atoms. The molecule has 1 aliphatic heterocycles. The molecule has 14 heavy (non-hydrogen) atoms. The van der Waals surface area contributed by atoms with Crippen LogP contribution < -0.4 is 0 Å². The highest BCUT2D eigenvalue weighted by Crippen LogP contribution is 2.19. The Labute approximate surface area is 87.1 Å². The minimum Gasteiger partial charge on any atom is -0.389 e. The van der Waals surface area contributed by atoms with Gasteiger partial charge in [0.2, 0.25) is 0 Å². The van der Waals surface area contributed by atoms with Crippen LogP contribution in [0, 0.1) is 5.92 Å². The summed E-state index contributed by atoms with van der Waals surface area (Å²) in [5, 5.41) is 9.73. The molecule has 3 nitrogen and oxygen atoms in total. The van der Waals surface area contributed by atoms with E-state index >= 15 is 0 Å². The van der Waals surface area contributed by atoms with Crippen molar-refractivity contribution in [3.63, 3.8) is 0 Å². The Morgan fingerprint density at radius 3 is 2.71 bits per heavy atom. The average Bonchev–Trinajstić information content (AvgIpc) is 2.39. The smallest absolute Gasteiger partial charge is 0.0758 e. The Bertz CT molecular complexity index is 169. The number of hydrogen-bond donors (Lipinski definition) is 1. The van der Waals surface area contributed by atoms with Gasteiger partial charge in [-0.05, 0) is 19.3 Å². The second kappa shape index (κ2) is 5.10. The quantitative estimate of drug-likeness (QED) is 0.676. The molecule has 84 valence electrons. The van der Waals surface area contributed by atoms with E-state index in [9.17, 15) is 5.11 Å². The summed E-state index contributed by atoms with van der Waals surface area (Å²) < 4.78 is 5.50. The molecular weight excluding hydrogens is 178 g/mol. The van der Waals surface area contributed by atoms with Gasteiger partial charge in [-0.15, -0.1) is 0 Å². The molecule has 0 saturated carbocycles. The first-order chi connectivity index (χ1) is 6.49. The van der Waals surface area contributed by atoms with E-state index in [1.807, 2.05) is 6.92 Å². The highest BCUT2D eigenvalue weighted by Gasteiger charge is 2.30. The fraction of sp³-hybridized carbons (Fsp3) is 1.00. The third-order valence-corrected chi connectivity index (χ3v) is 2.53. The van der Waals surface area contributed by atoms with Gasteiger partial charge < -0.3 is 9.84 Å². The van der Waals surface area contributed by atoms with Gasteiger partial charge in [0.25, 0.3) is 0 Å². The molecule has 1 heterocycles. The number of nitrogens with zero attached hydrogens (tertiary/aromatic N) is 1. The third-order valence-electron chi connectivity index (χ3n) is 2.53. The van der Waals surface area contributed by atoms with Gasteiger partial charge >= 0.3 is 0 Å². The maximum Gasteiger partial charge on any atom is 0.0758 e. The van der Waals surface area contributed by atoms with Crippen LogP contribution in [0.15, 0.2) is 0 Å². The van der Waals surface area contributed by atoms with Crippen molar-refractivity contribution < 1.29 is 9.84 Å². The van der Waals surface area contributed by atoms with E-state index in [2.05, 4.69) is 18.7 Å². The lowest BCUT2D eigenvalue weighted by atomic mass is 10.1. The lowest BCUT2D eigenvalue weighted by Crippen LogP contribution is -2.31. The lowest BCUT2D eigenvalue weighted by Gasteiger charge is -2.18. The van der Waals surface area contributed by atoms with Crippen molar-refractivity contribution in [1.82, 2.24) is 4.90 Å². The van der Waals surface area contributed by atoms with Crippen molar-refractivity contribution in [2.45, 2.75) is 32.8 Å². The molecule has 3 heteroatoms. The normalized spacial score (nSPS) is 28.9. The number of β-amino-alcohol motifs (C(OH)–C–C–N with tert-alkyl or cyclic N) is 1. The van der Waals surface area contributed by atoms with Crippen molar-refractivity contribution >= 4 is 0 Å². The fourth-order valence-electron chi connectivity index (χ4n) is 1.74. The largest absolute Gasteiger partial charge is 0.389 e. The average molecular weight is 201 g/mol. The molecule has 0 aromatic rings. The number of likely N-dealkylation sites (tertiary alicyclic amines) is 1. The highest BCUT2D eigenvalue weighted by molar-refractivity contribution is 4.85.